The molecule has 33 heavy (non-hydrogen) atoms. The Bertz CT molecular complexity index is 1210. The Morgan fingerprint density at radius 3 is 2.30 bits per heavy atom. The lowest BCUT2D eigenvalue weighted by Gasteiger charge is -2.15. The molecule has 0 saturated heterocycles. The predicted molar refractivity (Wildman–Crippen MR) is 129 cm³/mol. The van der Waals surface area contributed by atoms with Crippen LogP contribution >= 0.6 is 11.8 Å². The van der Waals surface area contributed by atoms with Gasteiger partial charge in [-0.25, -0.2) is 4.98 Å². The Hall–Kier alpha value is -4.01. The van der Waals surface area contributed by atoms with E-state index in [4.69, 9.17) is 10.5 Å². The standard InChI is InChI=1S/C25H23N5O2S/c1-16(2)23-20(14-26)24(28)30-25(21(23)15-27)33-13-12-22(31)29-17-8-10-19(11-9-17)32-18-6-4-3-5-7-18/h3-11,16H,12-13H2,1-2H3,(H2,28,30)(H,29,31). The number of ether oxygens (including phenoxy) is 1. The normalized spacial score (nSPS) is 10.3. The van der Waals surface area contributed by atoms with Gasteiger partial charge in [0.2, 0.25) is 5.91 Å². The van der Waals surface area contributed by atoms with Crippen LogP contribution in [0, 0.1) is 22.7 Å². The topological polar surface area (TPSA) is 125 Å². The third-order valence-electron chi connectivity index (χ3n) is 4.72. The number of amides is 1. The number of anilines is 2. The van der Waals surface area contributed by atoms with Gasteiger partial charge in [-0.1, -0.05) is 32.0 Å². The molecule has 1 aromatic heterocycles. The van der Waals surface area contributed by atoms with Gasteiger partial charge in [-0.2, -0.15) is 10.5 Å². The highest BCUT2D eigenvalue weighted by molar-refractivity contribution is 7.99. The molecule has 3 aromatic rings. The van der Waals surface area contributed by atoms with Crippen LogP contribution in [0.3, 0.4) is 0 Å². The molecule has 0 fully saturated rings. The highest BCUT2D eigenvalue weighted by atomic mass is 32.2. The van der Waals surface area contributed by atoms with E-state index in [2.05, 4.69) is 16.4 Å². The van der Waals surface area contributed by atoms with Gasteiger partial charge >= 0.3 is 0 Å². The van der Waals surface area contributed by atoms with E-state index in [9.17, 15) is 15.3 Å². The SMILES string of the molecule is CC(C)c1c(C#N)c(N)nc(SCCC(=O)Nc2ccc(Oc3ccccc3)cc2)c1C#N. The summed E-state index contributed by atoms with van der Waals surface area (Å²) in [5.41, 5.74) is 7.78. The molecule has 2 aromatic carbocycles. The first-order valence-electron chi connectivity index (χ1n) is 10.3. The van der Waals surface area contributed by atoms with E-state index in [1.54, 1.807) is 24.3 Å². The number of aromatic nitrogens is 1. The lowest BCUT2D eigenvalue weighted by molar-refractivity contribution is -0.115. The van der Waals surface area contributed by atoms with Crippen LogP contribution < -0.4 is 15.8 Å². The van der Waals surface area contributed by atoms with Crippen molar-refractivity contribution in [3.05, 3.63) is 71.3 Å². The lowest BCUT2D eigenvalue weighted by atomic mass is 9.94. The van der Waals surface area contributed by atoms with Crippen molar-refractivity contribution in [2.75, 3.05) is 16.8 Å². The summed E-state index contributed by atoms with van der Waals surface area (Å²) in [7, 11) is 0. The van der Waals surface area contributed by atoms with Crippen molar-refractivity contribution >= 4 is 29.2 Å². The summed E-state index contributed by atoms with van der Waals surface area (Å²) in [4.78, 5) is 16.6. The molecule has 0 aliphatic carbocycles. The van der Waals surface area contributed by atoms with Gasteiger partial charge in [-0.3, -0.25) is 4.79 Å². The Labute approximate surface area is 197 Å². The van der Waals surface area contributed by atoms with E-state index in [-0.39, 0.29) is 29.6 Å². The highest BCUT2D eigenvalue weighted by Crippen LogP contribution is 2.33. The van der Waals surface area contributed by atoms with Crippen LogP contribution in [0.2, 0.25) is 0 Å². The number of para-hydroxylation sites is 1. The maximum Gasteiger partial charge on any atom is 0.225 e. The fraction of sp³-hybridized carbons (Fsp3) is 0.200. The largest absolute Gasteiger partial charge is 0.457 e. The smallest absolute Gasteiger partial charge is 0.225 e. The van der Waals surface area contributed by atoms with Crippen molar-refractivity contribution in [1.82, 2.24) is 4.98 Å². The number of thioether (sulfide) groups is 1. The average molecular weight is 458 g/mol. The Balaban J connectivity index is 1.59. The van der Waals surface area contributed by atoms with Gasteiger partial charge < -0.3 is 15.8 Å². The third-order valence-corrected chi connectivity index (χ3v) is 5.69. The summed E-state index contributed by atoms with van der Waals surface area (Å²) in [5.74, 6) is 1.69. The molecule has 0 atom stereocenters. The lowest BCUT2D eigenvalue weighted by Crippen LogP contribution is -2.12. The predicted octanol–water partition coefficient (Wildman–Crippen LogP) is 5.44. The Morgan fingerprint density at radius 1 is 1.06 bits per heavy atom. The first kappa shape index (κ1) is 23.6. The molecule has 1 amide bonds. The molecule has 0 aliphatic rings. The van der Waals surface area contributed by atoms with Crippen molar-refractivity contribution in [3.63, 3.8) is 0 Å². The number of nitrogens with one attached hydrogen (secondary N) is 1. The number of carbonyl (C=O) groups excluding carboxylic acids is 1. The van der Waals surface area contributed by atoms with Crippen LogP contribution in [0.4, 0.5) is 11.5 Å². The van der Waals surface area contributed by atoms with E-state index in [0.29, 0.717) is 33.3 Å². The maximum absolute atomic E-state index is 12.4. The van der Waals surface area contributed by atoms with Gasteiger partial charge in [-0.05, 0) is 47.9 Å². The molecule has 1 heterocycles. The molecule has 8 heteroatoms. The first-order valence-corrected chi connectivity index (χ1v) is 11.3. The molecule has 0 aliphatic heterocycles. The number of nitrogens with zero attached hydrogens (tertiary/aromatic N) is 3. The van der Waals surface area contributed by atoms with Crippen LogP contribution in [0.5, 0.6) is 11.5 Å². The van der Waals surface area contributed by atoms with Gasteiger partial charge in [0, 0.05) is 17.9 Å². The van der Waals surface area contributed by atoms with Crippen molar-refractivity contribution in [3.8, 4) is 23.6 Å². The van der Waals surface area contributed by atoms with Crippen LogP contribution in [0.1, 0.15) is 42.9 Å². The van der Waals surface area contributed by atoms with Crippen molar-refractivity contribution < 1.29 is 9.53 Å². The minimum Gasteiger partial charge on any atom is -0.457 e. The zero-order valence-corrected chi connectivity index (χ0v) is 19.1. The number of carbonyl (C=O) groups is 1. The van der Waals surface area contributed by atoms with E-state index in [1.807, 2.05) is 50.2 Å². The molecule has 0 spiro atoms. The number of pyridine rings is 1. The molecular formula is C25H23N5O2S. The zero-order chi connectivity index (χ0) is 23.8. The molecule has 0 radical (unpaired) electrons. The number of hydrogen-bond acceptors (Lipinski definition) is 7. The molecule has 0 saturated carbocycles. The molecular weight excluding hydrogens is 434 g/mol. The molecule has 7 nitrogen and oxygen atoms in total. The summed E-state index contributed by atoms with van der Waals surface area (Å²) >= 11 is 1.28. The fourth-order valence-corrected chi connectivity index (χ4v) is 4.15. The second-order valence-electron chi connectivity index (χ2n) is 7.43. The summed E-state index contributed by atoms with van der Waals surface area (Å²) in [5, 5.41) is 22.3. The minimum atomic E-state index is -0.163. The fourth-order valence-electron chi connectivity index (χ4n) is 3.20. The summed E-state index contributed by atoms with van der Waals surface area (Å²) in [6.07, 6.45) is 0.219. The van der Waals surface area contributed by atoms with Crippen molar-refractivity contribution in [2.45, 2.75) is 31.2 Å². The third kappa shape index (κ3) is 6.03. The van der Waals surface area contributed by atoms with Gasteiger partial charge in [0.25, 0.3) is 0 Å². The van der Waals surface area contributed by atoms with Crippen LogP contribution in [-0.2, 0) is 4.79 Å². The van der Waals surface area contributed by atoms with Crippen LogP contribution in [-0.4, -0.2) is 16.6 Å². The average Bonchev–Trinajstić information content (AvgIpc) is 2.80. The zero-order valence-electron chi connectivity index (χ0n) is 18.3. The highest BCUT2D eigenvalue weighted by Gasteiger charge is 2.21. The first-order chi connectivity index (χ1) is 15.9. The summed E-state index contributed by atoms with van der Waals surface area (Å²) in [6, 6.07) is 20.7. The van der Waals surface area contributed by atoms with E-state index in [0.717, 1.165) is 5.75 Å². The number of hydrogen-bond donors (Lipinski definition) is 2. The van der Waals surface area contributed by atoms with E-state index >= 15 is 0 Å². The summed E-state index contributed by atoms with van der Waals surface area (Å²) in [6.45, 7) is 3.79. The van der Waals surface area contributed by atoms with Gasteiger partial charge in [0.05, 0.1) is 11.1 Å². The monoisotopic (exact) mass is 457 g/mol. The number of nitrogens with two attached hydrogens (primary N) is 1. The van der Waals surface area contributed by atoms with Crippen molar-refractivity contribution in [2.24, 2.45) is 0 Å². The van der Waals surface area contributed by atoms with Gasteiger partial charge in [-0.15, -0.1) is 11.8 Å². The molecule has 3 N–H and O–H groups in total. The van der Waals surface area contributed by atoms with Gasteiger partial charge in [0.1, 0.15) is 34.5 Å². The number of rotatable bonds is 8. The minimum absolute atomic E-state index is 0.0592. The van der Waals surface area contributed by atoms with Crippen LogP contribution in [0.25, 0.3) is 0 Å². The molecule has 0 unspecified atom stereocenters. The summed E-state index contributed by atoms with van der Waals surface area (Å²) < 4.78 is 5.75. The Kier molecular flexibility index (Phi) is 7.91. The van der Waals surface area contributed by atoms with Crippen molar-refractivity contribution in [1.29, 1.82) is 10.5 Å². The van der Waals surface area contributed by atoms with Crippen LogP contribution in [0.15, 0.2) is 59.6 Å². The quantitative estimate of drug-likeness (QED) is 0.431. The molecule has 166 valence electrons. The second kappa shape index (κ2) is 11.0. The van der Waals surface area contributed by atoms with E-state index < -0.39 is 0 Å². The number of nitrogen functional groups attached to an aromatic ring is 1. The molecule has 0 bridgehead atoms. The maximum atomic E-state index is 12.4. The molecule has 3 rings (SSSR count). The Morgan fingerprint density at radius 2 is 1.70 bits per heavy atom. The van der Waals surface area contributed by atoms with Gasteiger partial charge in [0.15, 0.2) is 0 Å². The van der Waals surface area contributed by atoms with E-state index in [1.165, 1.54) is 11.8 Å². The number of nitriles is 2. The number of benzene rings is 2. The second-order valence-corrected chi connectivity index (χ2v) is 8.51.